The lowest BCUT2D eigenvalue weighted by molar-refractivity contribution is 0.651. The molecule has 0 amide bonds. The number of nitrogens with one attached hydrogen (secondary N) is 1. The Morgan fingerprint density at radius 1 is 1.24 bits per heavy atom. The molecule has 1 atom stereocenters. The molecule has 21 heavy (non-hydrogen) atoms. The van der Waals surface area contributed by atoms with E-state index in [2.05, 4.69) is 69.6 Å². The van der Waals surface area contributed by atoms with E-state index in [1.54, 1.807) is 23.1 Å². The number of benzene rings is 2. The van der Waals surface area contributed by atoms with Crippen LogP contribution < -0.4 is 5.32 Å². The van der Waals surface area contributed by atoms with Gasteiger partial charge in [0.1, 0.15) is 0 Å². The molecule has 0 aliphatic rings. The molecule has 2 nitrogen and oxygen atoms in total. The van der Waals surface area contributed by atoms with Crippen LogP contribution in [0.5, 0.6) is 0 Å². The van der Waals surface area contributed by atoms with Crippen LogP contribution in [0.4, 0.5) is 0 Å². The number of para-hydroxylation sites is 1. The normalized spacial score (nSPS) is 12.7. The van der Waals surface area contributed by atoms with E-state index in [1.807, 2.05) is 13.1 Å². The number of hydrogen-bond donors (Lipinski definition) is 1. The molecule has 0 spiro atoms. The zero-order valence-electron chi connectivity index (χ0n) is 11.8. The van der Waals surface area contributed by atoms with Gasteiger partial charge >= 0.3 is 0 Å². The molecule has 1 heterocycles. The Balaban J connectivity index is 1.87. The highest BCUT2D eigenvalue weighted by Crippen LogP contribution is 2.38. The highest BCUT2D eigenvalue weighted by Gasteiger charge is 2.10. The quantitative estimate of drug-likeness (QED) is 0.649. The molecule has 3 rings (SSSR count). The van der Waals surface area contributed by atoms with Crippen molar-refractivity contribution in [1.29, 1.82) is 0 Å². The first-order valence-corrected chi connectivity index (χ1v) is 9.10. The fraction of sp³-hybridized carbons (Fsp3) is 0.188. The summed E-state index contributed by atoms with van der Waals surface area (Å²) in [6, 6.07) is 15.1. The van der Waals surface area contributed by atoms with Crippen LogP contribution in [0.3, 0.4) is 0 Å². The second-order valence-corrected chi connectivity index (χ2v) is 7.92. The predicted octanol–water partition coefficient (Wildman–Crippen LogP) is 5.49. The molecule has 108 valence electrons. The standard InChI is InChI=1S/C16H15BrN2S2/c1-10(18-2)11-7-8-14(12(17)9-11)20-16-19-13-5-3-4-6-15(13)21-16/h3-10,18H,1-2H3. The maximum absolute atomic E-state index is 4.67. The largest absolute Gasteiger partial charge is 0.313 e. The van der Waals surface area contributed by atoms with Crippen molar-refractivity contribution in [3.8, 4) is 0 Å². The average Bonchev–Trinajstić information content (AvgIpc) is 2.90. The lowest BCUT2D eigenvalue weighted by Gasteiger charge is -2.12. The third kappa shape index (κ3) is 3.31. The molecule has 5 heteroatoms. The van der Waals surface area contributed by atoms with Crippen molar-refractivity contribution in [2.24, 2.45) is 0 Å². The van der Waals surface area contributed by atoms with Gasteiger partial charge in [0.25, 0.3) is 0 Å². The van der Waals surface area contributed by atoms with Gasteiger partial charge in [-0.05, 0) is 59.7 Å². The summed E-state index contributed by atoms with van der Waals surface area (Å²) in [5.74, 6) is 0. The fourth-order valence-electron chi connectivity index (χ4n) is 2.02. The summed E-state index contributed by atoms with van der Waals surface area (Å²) in [5, 5.41) is 3.26. The predicted molar refractivity (Wildman–Crippen MR) is 95.4 cm³/mol. The van der Waals surface area contributed by atoms with Crippen molar-refractivity contribution < 1.29 is 0 Å². The molecule has 0 fully saturated rings. The third-order valence-electron chi connectivity index (χ3n) is 3.36. The lowest BCUT2D eigenvalue weighted by Crippen LogP contribution is -2.12. The van der Waals surface area contributed by atoms with Gasteiger partial charge in [-0.3, -0.25) is 0 Å². The molecule has 0 saturated carbocycles. The van der Waals surface area contributed by atoms with Gasteiger partial charge in [0.15, 0.2) is 4.34 Å². The van der Waals surface area contributed by atoms with Gasteiger partial charge in [-0.2, -0.15) is 0 Å². The van der Waals surface area contributed by atoms with E-state index in [0.29, 0.717) is 6.04 Å². The molecular weight excluding hydrogens is 364 g/mol. The summed E-state index contributed by atoms with van der Waals surface area (Å²) in [4.78, 5) is 5.87. The van der Waals surface area contributed by atoms with Crippen LogP contribution in [0.2, 0.25) is 0 Å². The van der Waals surface area contributed by atoms with Gasteiger partial charge in [-0.15, -0.1) is 11.3 Å². The van der Waals surface area contributed by atoms with Crippen molar-refractivity contribution in [2.75, 3.05) is 7.05 Å². The van der Waals surface area contributed by atoms with E-state index in [9.17, 15) is 0 Å². The van der Waals surface area contributed by atoms with Gasteiger partial charge < -0.3 is 5.32 Å². The number of hydrogen-bond acceptors (Lipinski definition) is 4. The third-order valence-corrected chi connectivity index (χ3v) is 6.45. The van der Waals surface area contributed by atoms with Gasteiger partial charge in [0.2, 0.25) is 0 Å². The molecule has 0 saturated heterocycles. The Kier molecular flexibility index (Phi) is 4.64. The van der Waals surface area contributed by atoms with E-state index in [-0.39, 0.29) is 0 Å². The van der Waals surface area contributed by atoms with E-state index in [1.165, 1.54) is 15.2 Å². The van der Waals surface area contributed by atoms with E-state index in [0.717, 1.165) is 14.3 Å². The van der Waals surface area contributed by atoms with Crippen molar-refractivity contribution in [3.05, 3.63) is 52.5 Å². The Bertz CT molecular complexity index is 737. The van der Waals surface area contributed by atoms with Crippen LogP contribution in [0.25, 0.3) is 10.2 Å². The smallest absolute Gasteiger partial charge is 0.155 e. The maximum Gasteiger partial charge on any atom is 0.155 e. The van der Waals surface area contributed by atoms with Crippen molar-refractivity contribution in [3.63, 3.8) is 0 Å². The Labute approximate surface area is 141 Å². The summed E-state index contributed by atoms with van der Waals surface area (Å²) in [6.07, 6.45) is 0. The summed E-state index contributed by atoms with van der Waals surface area (Å²) >= 11 is 7.12. The van der Waals surface area contributed by atoms with E-state index >= 15 is 0 Å². The molecule has 1 unspecified atom stereocenters. The Hall–Kier alpha value is -0.880. The van der Waals surface area contributed by atoms with Crippen molar-refractivity contribution >= 4 is 49.2 Å². The van der Waals surface area contributed by atoms with Crippen LogP contribution in [0.1, 0.15) is 18.5 Å². The van der Waals surface area contributed by atoms with Gasteiger partial charge in [-0.25, -0.2) is 4.98 Å². The first-order valence-electron chi connectivity index (χ1n) is 6.67. The molecule has 1 aromatic heterocycles. The number of rotatable bonds is 4. The monoisotopic (exact) mass is 378 g/mol. The SMILES string of the molecule is CNC(C)c1ccc(Sc2nc3ccccc3s2)c(Br)c1. The van der Waals surface area contributed by atoms with Crippen molar-refractivity contribution in [2.45, 2.75) is 22.2 Å². The van der Waals surface area contributed by atoms with Gasteiger partial charge in [0.05, 0.1) is 10.2 Å². The van der Waals surface area contributed by atoms with E-state index in [4.69, 9.17) is 0 Å². The fourth-order valence-corrected chi connectivity index (χ4v) is 4.69. The van der Waals surface area contributed by atoms with Crippen LogP contribution in [0.15, 0.2) is 56.2 Å². The number of nitrogens with zero attached hydrogens (tertiary/aromatic N) is 1. The zero-order chi connectivity index (χ0) is 14.8. The summed E-state index contributed by atoms with van der Waals surface area (Å²) in [7, 11) is 1.97. The molecule has 2 aromatic carbocycles. The molecule has 0 bridgehead atoms. The first kappa shape index (κ1) is 15.0. The average molecular weight is 379 g/mol. The summed E-state index contributed by atoms with van der Waals surface area (Å²) in [6.45, 7) is 2.15. The molecule has 3 aromatic rings. The van der Waals surface area contributed by atoms with Crippen LogP contribution >= 0.6 is 39.0 Å². The Morgan fingerprint density at radius 3 is 2.76 bits per heavy atom. The summed E-state index contributed by atoms with van der Waals surface area (Å²) < 4.78 is 3.43. The molecule has 0 radical (unpaired) electrons. The highest BCUT2D eigenvalue weighted by molar-refractivity contribution is 9.10. The molecule has 0 aliphatic carbocycles. The minimum Gasteiger partial charge on any atom is -0.313 e. The number of aromatic nitrogens is 1. The van der Waals surface area contributed by atoms with Crippen molar-refractivity contribution in [1.82, 2.24) is 10.3 Å². The summed E-state index contributed by atoms with van der Waals surface area (Å²) in [5.41, 5.74) is 2.35. The number of fused-ring (bicyclic) bond motifs is 1. The first-order chi connectivity index (χ1) is 10.2. The highest BCUT2D eigenvalue weighted by atomic mass is 79.9. The minimum absolute atomic E-state index is 0.350. The van der Waals surface area contributed by atoms with Gasteiger partial charge in [0, 0.05) is 15.4 Å². The van der Waals surface area contributed by atoms with Gasteiger partial charge in [-0.1, -0.05) is 30.0 Å². The second kappa shape index (κ2) is 6.48. The van der Waals surface area contributed by atoms with Crippen LogP contribution in [-0.2, 0) is 0 Å². The zero-order valence-corrected chi connectivity index (χ0v) is 15.0. The van der Waals surface area contributed by atoms with Crippen LogP contribution in [0, 0.1) is 0 Å². The van der Waals surface area contributed by atoms with E-state index < -0.39 is 0 Å². The number of thiazole rings is 1. The molecule has 1 N–H and O–H groups in total. The topological polar surface area (TPSA) is 24.9 Å². The Morgan fingerprint density at radius 2 is 2.05 bits per heavy atom. The second-order valence-electron chi connectivity index (χ2n) is 4.75. The molecule has 0 aliphatic heterocycles. The van der Waals surface area contributed by atoms with Crippen LogP contribution in [-0.4, -0.2) is 12.0 Å². The number of halogens is 1. The maximum atomic E-state index is 4.67. The minimum atomic E-state index is 0.350. The lowest BCUT2D eigenvalue weighted by atomic mass is 10.1. The molecular formula is C16H15BrN2S2.